The van der Waals surface area contributed by atoms with Crippen LogP contribution in [0, 0.1) is 0 Å². The molecule has 6 heteroatoms. The Morgan fingerprint density at radius 1 is 0.833 bits per heavy atom. The number of aromatic hydroxyl groups is 1. The quantitative estimate of drug-likeness (QED) is 0.232. The maximum absolute atomic E-state index is 13.1. The Hall–Kier alpha value is -4.03. The third kappa shape index (κ3) is 5.96. The summed E-state index contributed by atoms with van der Waals surface area (Å²) >= 11 is 1.65. The Morgan fingerprint density at radius 3 is 2.06 bits per heavy atom. The van der Waals surface area contributed by atoms with Crippen molar-refractivity contribution in [2.24, 2.45) is 0 Å². The number of carbonyl (C=O) groups excluding carboxylic acids is 2. The molecule has 5 nitrogen and oxygen atoms in total. The van der Waals surface area contributed by atoms with Gasteiger partial charge in [0.1, 0.15) is 11.8 Å². The van der Waals surface area contributed by atoms with Crippen LogP contribution in [0.25, 0.3) is 22.3 Å². The summed E-state index contributed by atoms with van der Waals surface area (Å²) in [7, 11) is 1.29. The number of nitrogens with one attached hydrogen (secondary N) is 1. The molecule has 1 atom stereocenters. The second-order valence-corrected chi connectivity index (χ2v) is 9.16. The molecule has 0 bridgehead atoms. The van der Waals surface area contributed by atoms with Gasteiger partial charge in [-0.05, 0) is 58.3 Å². The highest BCUT2D eigenvalue weighted by Crippen LogP contribution is 2.28. The SMILES string of the molecule is COC(=O)[C@H](Cc1ccc(-c2ccccc2)cc1)NC(=O)c1cc(-c2ccc(SC)cc2)ccc1O. The Balaban J connectivity index is 1.52. The highest BCUT2D eigenvalue weighted by molar-refractivity contribution is 7.98. The summed E-state index contributed by atoms with van der Waals surface area (Å²) in [5.74, 6) is -1.27. The van der Waals surface area contributed by atoms with Crippen LogP contribution in [-0.2, 0) is 16.0 Å². The number of phenols is 1. The zero-order valence-corrected chi connectivity index (χ0v) is 20.9. The summed E-state index contributed by atoms with van der Waals surface area (Å²) in [5.41, 5.74) is 4.83. The summed E-state index contributed by atoms with van der Waals surface area (Å²) < 4.78 is 4.94. The number of hydrogen-bond acceptors (Lipinski definition) is 5. The molecule has 0 aliphatic rings. The molecule has 0 aliphatic heterocycles. The molecule has 0 heterocycles. The summed E-state index contributed by atoms with van der Waals surface area (Å²) in [5, 5.41) is 13.1. The third-order valence-corrected chi connectivity index (χ3v) is 6.70. The van der Waals surface area contributed by atoms with Crippen LogP contribution in [-0.4, -0.2) is 36.4 Å². The largest absolute Gasteiger partial charge is 0.507 e. The predicted octanol–water partition coefficient (Wildman–Crippen LogP) is 5.96. The number of thioether (sulfide) groups is 1. The van der Waals surface area contributed by atoms with Crippen molar-refractivity contribution in [1.82, 2.24) is 5.32 Å². The van der Waals surface area contributed by atoms with Crippen LogP contribution in [0.15, 0.2) is 102 Å². The van der Waals surface area contributed by atoms with Gasteiger partial charge in [0, 0.05) is 11.3 Å². The summed E-state index contributed by atoms with van der Waals surface area (Å²) in [6.45, 7) is 0. The van der Waals surface area contributed by atoms with Crippen molar-refractivity contribution < 1.29 is 19.4 Å². The number of benzene rings is 4. The van der Waals surface area contributed by atoms with Gasteiger partial charge in [0.15, 0.2) is 0 Å². The first-order chi connectivity index (χ1) is 17.5. The fourth-order valence-electron chi connectivity index (χ4n) is 3.95. The maximum Gasteiger partial charge on any atom is 0.328 e. The molecule has 1 amide bonds. The van der Waals surface area contributed by atoms with Gasteiger partial charge in [-0.2, -0.15) is 0 Å². The molecule has 0 spiro atoms. The first-order valence-corrected chi connectivity index (χ1v) is 12.7. The van der Waals surface area contributed by atoms with Gasteiger partial charge in [-0.1, -0.05) is 72.8 Å². The molecule has 0 aromatic heterocycles. The Morgan fingerprint density at radius 2 is 1.42 bits per heavy atom. The zero-order valence-electron chi connectivity index (χ0n) is 20.1. The number of ether oxygens (including phenoxy) is 1. The van der Waals surface area contributed by atoms with Crippen molar-refractivity contribution in [3.8, 4) is 28.0 Å². The minimum absolute atomic E-state index is 0.0924. The average molecular weight is 498 g/mol. The van der Waals surface area contributed by atoms with E-state index in [4.69, 9.17) is 4.74 Å². The highest BCUT2D eigenvalue weighted by Gasteiger charge is 2.24. The summed E-state index contributed by atoms with van der Waals surface area (Å²) in [6, 6.07) is 29.7. The van der Waals surface area contributed by atoms with Gasteiger partial charge in [-0.15, -0.1) is 11.8 Å². The normalized spacial score (nSPS) is 11.5. The second-order valence-electron chi connectivity index (χ2n) is 8.28. The Kier molecular flexibility index (Phi) is 8.08. The number of phenolic OH excluding ortho intramolecular Hbond substituents is 1. The number of esters is 1. The van der Waals surface area contributed by atoms with Gasteiger partial charge >= 0.3 is 5.97 Å². The van der Waals surface area contributed by atoms with Crippen molar-refractivity contribution >= 4 is 23.6 Å². The van der Waals surface area contributed by atoms with Crippen LogP contribution in [0.5, 0.6) is 5.75 Å². The van der Waals surface area contributed by atoms with Crippen LogP contribution >= 0.6 is 11.8 Å². The molecular weight excluding hydrogens is 470 g/mol. The molecule has 4 rings (SSSR count). The van der Waals surface area contributed by atoms with E-state index in [1.54, 1.807) is 23.9 Å². The highest BCUT2D eigenvalue weighted by atomic mass is 32.2. The molecule has 4 aromatic rings. The van der Waals surface area contributed by atoms with Crippen molar-refractivity contribution in [2.75, 3.05) is 13.4 Å². The summed E-state index contributed by atoms with van der Waals surface area (Å²) in [6.07, 6.45) is 2.26. The minimum atomic E-state index is -0.908. The zero-order chi connectivity index (χ0) is 25.5. The van der Waals surface area contributed by atoms with Gasteiger partial charge < -0.3 is 15.2 Å². The van der Waals surface area contributed by atoms with E-state index in [-0.39, 0.29) is 17.7 Å². The monoisotopic (exact) mass is 497 g/mol. The van der Waals surface area contributed by atoms with E-state index in [0.29, 0.717) is 0 Å². The van der Waals surface area contributed by atoms with Gasteiger partial charge in [-0.3, -0.25) is 4.79 Å². The molecular formula is C30H27NO4S. The van der Waals surface area contributed by atoms with Crippen molar-refractivity contribution in [3.05, 3.63) is 108 Å². The predicted molar refractivity (Wildman–Crippen MR) is 144 cm³/mol. The van der Waals surface area contributed by atoms with Crippen LogP contribution in [0.4, 0.5) is 0 Å². The molecule has 2 N–H and O–H groups in total. The second kappa shape index (κ2) is 11.6. The van der Waals surface area contributed by atoms with Gasteiger partial charge in [0.05, 0.1) is 12.7 Å². The van der Waals surface area contributed by atoms with E-state index in [1.165, 1.54) is 13.2 Å². The first-order valence-electron chi connectivity index (χ1n) is 11.5. The lowest BCUT2D eigenvalue weighted by Gasteiger charge is -2.18. The molecule has 0 unspecified atom stereocenters. The molecule has 0 aliphatic carbocycles. The van der Waals surface area contributed by atoms with Crippen molar-refractivity contribution in [3.63, 3.8) is 0 Å². The van der Waals surface area contributed by atoms with Crippen LogP contribution in [0.2, 0.25) is 0 Å². The van der Waals surface area contributed by atoms with Gasteiger partial charge in [0.2, 0.25) is 0 Å². The van der Waals surface area contributed by atoms with Gasteiger partial charge in [0.25, 0.3) is 5.91 Å². The Labute approximate surface area is 215 Å². The Bertz CT molecular complexity index is 1340. The lowest BCUT2D eigenvalue weighted by atomic mass is 9.99. The number of hydrogen-bond donors (Lipinski definition) is 2. The first kappa shape index (κ1) is 25.1. The van der Waals surface area contributed by atoms with Crippen LogP contribution < -0.4 is 5.32 Å². The van der Waals surface area contributed by atoms with Crippen LogP contribution in [0.1, 0.15) is 15.9 Å². The molecule has 0 fully saturated rings. The lowest BCUT2D eigenvalue weighted by molar-refractivity contribution is -0.142. The average Bonchev–Trinajstić information content (AvgIpc) is 2.93. The standard InChI is InChI=1S/C30H27NO4S/c1-35-30(34)27(18-20-8-10-22(11-9-20)21-6-4-3-5-7-21)31-29(33)26-19-24(14-17-28(26)32)23-12-15-25(36-2)16-13-23/h3-17,19,27,32H,18H2,1-2H3,(H,31,33)/t27-/m0/s1. The smallest absolute Gasteiger partial charge is 0.328 e. The van der Waals surface area contributed by atoms with Crippen molar-refractivity contribution in [2.45, 2.75) is 17.4 Å². The van der Waals surface area contributed by atoms with E-state index in [0.717, 1.165) is 32.7 Å². The van der Waals surface area contributed by atoms with Crippen molar-refractivity contribution in [1.29, 1.82) is 0 Å². The number of methoxy groups -OCH3 is 1. The molecule has 0 radical (unpaired) electrons. The van der Waals surface area contributed by atoms with E-state index >= 15 is 0 Å². The number of amides is 1. The van der Waals surface area contributed by atoms with Crippen LogP contribution in [0.3, 0.4) is 0 Å². The summed E-state index contributed by atoms with van der Waals surface area (Å²) in [4.78, 5) is 26.8. The van der Waals surface area contributed by atoms with E-state index in [9.17, 15) is 14.7 Å². The molecule has 0 saturated carbocycles. The van der Waals surface area contributed by atoms with E-state index in [1.807, 2.05) is 85.1 Å². The fourth-order valence-corrected chi connectivity index (χ4v) is 4.36. The minimum Gasteiger partial charge on any atom is -0.507 e. The number of rotatable bonds is 8. The lowest BCUT2D eigenvalue weighted by Crippen LogP contribution is -2.43. The molecule has 4 aromatic carbocycles. The molecule has 36 heavy (non-hydrogen) atoms. The maximum atomic E-state index is 13.1. The van der Waals surface area contributed by atoms with Gasteiger partial charge in [-0.25, -0.2) is 4.79 Å². The molecule has 0 saturated heterocycles. The number of carbonyl (C=O) groups is 2. The third-order valence-electron chi connectivity index (χ3n) is 5.96. The van der Waals surface area contributed by atoms with E-state index < -0.39 is 17.9 Å². The fraction of sp³-hybridized carbons (Fsp3) is 0.133. The van der Waals surface area contributed by atoms with E-state index in [2.05, 4.69) is 5.32 Å². The molecule has 182 valence electrons. The topological polar surface area (TPSA) is 75.6 Å².